The standard InChI is InChI=1S/C17H20N2O/c1-3-18-17(20)14-8-10-16(11-9-14)19-12-15-7-5-4-6-13(15)2/h4-11,19H,3,12H2,1-2H3,(H,18,20). The molecular weight excluding hydrogens is 248 g/mol. The number of carbonyl (C=O) groups excluding carboxylic acids is 1. The van der Waals surface area contributed by atoms with E-state index in [9.17, 15) is 4.79 Å². The van der Waals surface area contributed by atoms with E-state index in [4.69, 9.17) is 0 Å². The summed E-state index contributed by atoms with van der Waals surface area (Å²) in [6, 6.07) is 15.9. The van der Waals surface area contributed by atoms with E-state index < -0.39 is 0 Å². The molecule has 0 aromatic heterocycles. The van der Waals surface area contributed by atoms with Gasteiger partial charge >= 0.3 is 0 Å². The van der Waals surface area contributed by atoms with Crippen LogP contribution in [0.5, 0.6) is 0 Å². The van der Waals surface area contributed by atoms with Crippen LogP contribution in [-0.2, 0) is 6.54 Å². The zero-order valence-corrected chi connectivity index (χ0v) is 11.9. The summed E-state index contributed by atoms with van der Waals surface area (Å²) < 4.78 is 0. The van der Waals surface area contributed by atoms with Crippen molar-refractivity contribution in [1.82, 2.24) is 5.32 Å². The average molecular weight is 268 g/mol. The quantitative estimate of drug-likeness (QED) is 0.873. The van der Waals surface area contributed by atoms with Crippen molar-refractivity contribution in [3.8, 4) is 0 Å². The molecule has 0 saturated heterocycles. The molecule has 20 heavy (non-hydrogen) atoms. The van der Waals surface area contributed by atoms with Gasteiger partial charge in [0.2, 0.25) is 0 Å². The lowest BCUT2D eigenvalue weighted by atomic mass is 10.1. The molecule has 0 unspecified atom stereocenters. The van der Waals surface area contributed by atoms with Crippen molar-refractivity contribution < 1.29 is 4.79 Å². The molecule has 0 spiro atoms. The lowest BCUT2D eigenvalue weighted by molar-refractivity contribution is 0.0956. The minimum absolute atomic E-state index is 0.0297. The van der Waals surface area contributed by atoms with Gasteiger partial charge in [-0.05, 0) is 49.2 Å². The second-order valence-electron chi connectivity index (χ2n) is 4.72. The molecule has 3 heteroatoms. The van der Waals surface area contributed by atoms with Crippen LogP contribution in [0.15, 0.2) is 48.5 Å². The van der Waals surface area contributed by atoms with E-state index in [0.717, 1.165) is 12.2 Å². The molecule has 0 fully saturated rings. The third-order valence-corrected chi connectivity index (χ3v) is 3.23. The second-order valence-corrected chi connectivity index (χ2v) is 4.72. The normalized spacial score (nSPS) is 10.1. The number of aryl methyl sites for hydroxylation is 1. The van der Waals surface area contributed by atoms with E-state index in [1.54, 1.807) is 0 Å². The Kier molecular flexibility index (Phi) is 4.77. The van der Waals surface area contributed by atoms with Gasteiger partial charge in [-0.2, -0.15) is 0 Å². The van der Waals surface area contributed by atoms with Crippen LogP contribution in [0.25, 0.3) is 0 Å². The molecule has 3 nitrogen and oxygen atoms in total. The van der Waals surface area contributed by atoms with E-state index in [1.165, 1.54) is 11.1 Å². The Morgan fingerprint density at radius 2 is 1.75 bits per heavy atom. The molecule has 2 N–H and O–H groups in total. The van der Waals surface area contributed by atoms with Gasteiger partial charge in [0, 0.05) is 24.3 Å². The van der Waals surface area contributed by atoms with E-state index in [0.29, 0.717) is 12.1 Å². The van der Waals surface area contributed by atoms with Gasteiger partial charge < -0.3 is 10.6 Å². The molecule has 104 valence electrons. The van der Waals surface area contributed by atoms with Gasteiger partial charge in [0.1, 0.15) is 0 Å². The van der Waals surface area contributed by atoms with Crippen LogP contribution in [0.1, 0.15) is 28.4 Å². The molecule has 0 radical (unpaired) electrons. The monoisotopic (exact) mass is 268 g/mol. The molecule has 0 aliphatic heterocycles. The summed E-state index contributed by atoms with van der Waals surface area (Å²) in [5.41, 5.74) is 4.26. The smallest absolute Gasteiger partial charge is 0.251 e. The van der Waals surface area contributed by atoms with Crippen molar-refractivity contribution in [3.63, 3.8) is 0 Å². The minimum atomic E-state index is -0.0297. The van der Waals surface area contributed by atoms with Crippen LogP contribution in [-0.4, -0.2) is 12.5 Å². The highest BCUT2D eigenvalue weighted by atomic mass is 16.1. The Labute approximate surface area is 120 Å². The first kappa shape index (κ1) is 14.1. The van der Waals surface area contributed by atoms with Crippen molar-refractivity contribution in [2.24, 2.45) is 0 Å². The maximum Gasteiger partial charge on any atom is 0.251 e. The summed E-state index contributed by atoms with van der Waals surface area (Å²) in [6.07, 6.45) is 0. The average Bonchev–Trinajstić information content (AvgIpc) is 2.47. The van der Waals surface area contributed by atoms with Crippen molar-refractivity contribution in [3.05, 3.63) is 65.2 Å². The largest absolute Gasteiger partial charge is 0.381 e. The highest BCUT2D eigenvalue weighted by Crippen LogP contribution is 2.13. The van der Waals surface area contributed by atoms with Crippen LogP contribution >= 0.6 is 0 Å². The van der Waals surface area contributed by atoms with Crippen LogP contribution in [0.2, 0.25) is 0 Å². The fourth-order valence-corrected chi connectivity index (χ4v) is 2.01. The van der Waals surface area contributed by atoms with Gasteiger partial charge in [-0.1, -0.05) is 24.3 Å². The van der Waals surface area contributed by atoms with Crippen LogP contribution in [0, 0.1) is 6.92 Å². The zero-order chi connectivity index (χ0) is 14.4. The predicted octanol–water partition coefficient (Wildman–Crippen LogP) is 3.36. The number of amides is 1. The third kappa shape index (κ3) is 3.60. The summed E-state index contributed by atoms with van der Waals surface area (Å²) in [4.78, 5) is 11.6. The number of nitrogens with one attached hydrogen (secondary N) is 2. The molecule has 0 atom stereocenters. The number of hydrogen-bond acceptors (Lipinski definition) is 2. The Hall–Kier alpha value is -2.29. The summed E-state index contributed by atoms with van der Waals surface area (Å²) in [6.45, 7) is 5.45. The molecule has 0 aliphatic carbocycles. The maximum absolute atomic E-state index is 11.6. The van der Waals surface area contributed by atoms with Crippen LogP contribution < -0.4 is 10.6 Å². The molecular formula is C17H20N2O. The molecule has 0 heterocycles. The van der Waals surface area contributed by atoms with E-state index in [-0.39, 0.29) is 5.91 Å². The van der Waals surface area contributed by atoms with Gasteiger partial charge in [0.15, 0.2) is 0 Å². The lowest BCUT2D eigenvalue weighted by Gasteiger charge is -2.09. The van der Waals surface area contributed by atoms with Crippen molar-refractivity contribution in [2.45, 2.75) is 20.4 Å². The molecule has 2 aromatic carbocycles. The number of anilines is 1. The SMILES string of the molecule is CCNC(=O)c1ccc(NCc2ccccc2C)cc1. The first-order valence-electron chi connectivity index (χ1n) is 6.87. The highest BCUT2D eigenvalue weighted by molar-refractivity contribution is 5.94. The first-order chi connectivity index (χ1) is 9.70. The second kappa shape index (κ2) is 6.75. The molecule has 0 bridgehead atoms. The molecule has 2 rings (SSSR count). The minimum Gasteiger partial charge on any atom is -0.381 e. The van der Waals surface area contributed by atoms with Crippen LogP contribution in [0.3, 0.4) is 0 Å². The molecule has 0 aliphatic rings. The van der Waals surface area contributed by atoms with E-state index in [2.05, 4.69) is 29.7 Å². The van der Waals surface area contributed by atoms with Crippen molar-refractivity contribution in [2.75, 3.05) is 11.9 Å². The number of hydrogen-bond donors (Lipinski definition) is 2. The third-order valence-electron chi connectivity index (χ3n) is 3.23. The first-order valence-corrected chi connectivity index (χ1v) is 6.87. The number of carbonyl (C=O) groups is 1. The Morgan fingerprint density at radius 3 is 2.40 bits per heavy atom. The number of benzene rings is 2. The Morgan fingerprint density at radius 1 is 1.05 bits per heavy atom. The Bertz CT molecular complexity index is 576. The summed E-state index contributed by atoms with van der Waals surface area (Å²) in [5.74, 6) is -0.0297. The zero-order valence-electron chi connectivity index (χ0n) is 11.9. The fourth-order valence-electron chi connectivity index (χ4n) is 2.01. The van der Waals surface area contributed by atoms with Gasteiger partial charge in [-0.25, -0.2) is 0 Å². The topological polar surface area (TPSA) is 41.1 Å². The van der Waals surface area contributed by atoms with E-state index >= 15 is 0 Å². The fraction of sp³-hybridized carbons (Fsp3) is 0.235. The van der Waals surface area contributed by atoms with Gasteiger partial charge in [-0.15, -0.1) is 0 Å². The van der Waals surface area contributed by atoms with E-state index in [1.807, 2.05) is 43.3 Å². The van der Waals surface area contributed by atoms with Gasteiger partial charge in [0.05, 0.1) is 0 Å². The maximum atomic E-state index is 11.6. The molecule has 0 saturated carbocycles. The van der Waals surface area contributed by atoms with Crippen LogP contribution in [0.4, 0.5) is 5.69 Å². The summed E-state index contributed by atoms with van der Waals surface area (Å²) >= 11 is 0. The van der Waals surface area contributed by atoms with Gasteiger partial charge in [0.25, 0.3) is 5.91 Å². The van der Waals surface area contributed by atoms with Crippen molar-refractivity contribution >= 4 is 11.6 Å². The van der Waals surface area contributed by atoms with Gasteiger partial charge in [-0.3, -0.25) is 4.79 Å². The Balaban J connectivity index is 1.98. The highest BCUT2D eigenvalue weighted by Gasteiger charge is 2.03. The summed E-state index contributed by atoms with van der Waals surface area (Å²) in [7, 11) is 0. The molecule has 1 amide bonds. The predicted molar refractivity (Wildman–Crippen MR) is 83.0 cm³/mol. The van der Waals surface area contributed by atoms with Crippen molar-refractivity contribution in [1.29, 1.82) is 0 Å². The number of rotatable bonds is 5. The summed E-state index contributed by atoms with van der Waals surface area (Å²) in [5, 5.41) is 6.16. The lowest BCUT2D eigenvalue weighted by Crippen LogP contribution is -2.22. The molecule has 2 aromatic rings.